The summed E-state index contributed by atoms with van der Waals surface area (Å²) in [6.07, 6.45) is 4.93. The molecule has 1 unspecified atom stereocenters. The third-order valence-electron chi connectivity index (χ3n) is 6.32. The maximum atomic E-state index is 12.3. The predicted octanol–water partition coefficient (Wildman–Crippen LogP) is 4.05. The molecule has 0 bridgehead atoms. The first-order chi connectivity index (χ1) is 14.4. The van der Waals surface area contributed by atoms with E-state index in [-0.39, 0.29) is 0 Å². The van der Waals surface area contributed by atoms with Crippen LogP contribution in [0.15, 0.2) is 47.4 Å². The number of sulfone groups is 1. The van der Waals surface area contributed by atoms with E-state index >= 15 is 0 Å². The summed E-state index contributed by atoms with van der Waals surface area (Å²) >= 11 is 6.35. The van der Waals surface area contributed by atoms with E-state index in [1.165, 1.54) is 11.8 Å². The zero-order valence-corrected chi connectivity index (χ0v) is 18.4. The Morgan fingerprint density at radius 1 is 1.13 bits per heavy atom. The molecule has 0 saturated heterocycles. The molecule has 2 heterocycles. The first-order valence-electron chi connectivity index (χ1n) is 10.3. The minimum Gasteiger partial charge on any atom is -0.340 e. The topological polar surface area (TPSA) is 66.1 Å². The Labute approximate surface area is 182 Å². The van der Waals surface area contributed by atoms with Gasteiger partial charge in [0, 0.05) is 37.4 Å². The quantitative estimate of drug-likeness (QED) is 0.665. The summed E-state index contributed by atoms with van der Waals surface area (Å²) in [4.78, 5) is 11.2. The smallest absolute Gasteiger partial charge is 0.175 e. The van der Waals surface area contributed by atoms with Crippen molar-refractivity contribution in [1.82, 2.24) is 14.9 Å². The molecular formula is C23H24ClN3O2S. The zero-order valence-electron chi connectivity index (χ0n) is 16.9. The highest BCUT2D eigenvalue weighted by Crippen LogP contribution is 2.33. The molecule has 1 aliphatic heterocycles. The number of hydrogen-bond donors (Lipinski definition) is 1. The lowest BCUT2D eigenvalue weighted by Crippen LogP contribution is -2.42. The fourth-order valence-electron chi connectivity index (χ4n) is 4.80. The van der Waals surface area contributed by atoms with Crippen LogP contribution in [0, 0.1) is 0 Å². The second-order valence-electron chi connectivity index (χ2n) is 8.27. The van der Waals surface area contributed by atoms with Crippen LogP contribution in [0.1, 0.15) is 28.9 Å². The molecule has 30 heavy (non-hydrogen) atoms. The van der Waals surface area contributed by atoms with Gasteiger partial charge in [-0.1, -0.05) is 35.9 Å². The van der Waals surface area contributed by atoms with Crippen molar-refractivity contribution in [1.29, 1.82) is 0 Å². The SMILES string of the molecule is CS(=O)(=O)c1cccc2c1CC(N1CCc3nc(-c4ccccc4Cl)[nH]c3C1)CC2. The molecule has 0 radical (unpaired) electrons. The van der Waals surface area contributed by atoms with Crippen molar-refractivity contribution in [3.05, 3.63) is 70.0 Å². The standard InChI is InChI=1S/C23H24ClN3O2S/c1-30(28,29)22-8-4-5-15-9-10-16(13-18(15)22)27-12-11-20-21(14-27)26-23(25-20)17-6-2-3-7-19(17)24/h2-8,16H,9-14H2,1H3,(H,25,26). The van der Waals surface area contributed by atoms with Crippen LogP contribution in [0.2, 0.25) is 5.02 Å². The summed E-state index contributed by atoms with van der Waals surface area (Å²) in [5, 5.41) is 0.692. The lowest BCUT2D eigenvalue weighted by atomic mass is 9.87. The second kappa shape index (κ2) is 7.52. The molecule has 2 aliphatic rings. The fraction of sp³-hybridized carbons (Fsp3) is 0.348. The Bertz CT molecular complexity index is 1220. The summed E-state index contributed by atoms with van der Waals surface area (Å²) in [7, 11) is -3.23. The third-order valence-corrected chi connectivity index (χ3v) is 7.83. The van der Waals surface area contributed by atoms with Crippen molar-refractivity contribution in [3.8, 4) is 11.4 Å². The lowest BCUT2D eigenvalue weighted by molar-refractivity contribution is 0.160. The van der Waals surface area contributed by atoms with E-state index in [1.807, 2.05) is 30.3 Å². The molecule has 5 nitrogen and oxygen atoms in total. The number of imidazole rings is 1. The number of halogens is 1. The van der Waals surface area contributed by atoms with Gasteiger partial charge in [-0.2, -0.15) is 0 Å². The van der Waals surface area contributed by atoms with Crippen molar-refractivity contribution in [2.75, 3.05) is 12.8 Å². The third kappa shape index (κ3) is 3.57. The Kier molecular flexibility index (Phi) is 4.96. The van der Waals surface area contributed by atoms with Crippen LogP contribution in [0.25, 0.3) is 11.4 Å². The first-order valence-corrected chi connectivity index (χ1v) is 12.5. The van der Waals surface area contributed by atoms with Crippen molar-refractivity contribution in [2.24, 2.45) is 0 Å². The van der Waals surface area contributed by atoms with Gasteiger partial charge in [0.05, 0.1) is 21.3 Å². The normalized spacial score (nSPS) is 19.3. The van der Waals surface area contributed by atoms with Crippen LogP contribution in [0.3, 0.4) is 0 Å². The number of nitrogens with one attached hydrogen (secondary N) is 1. The molecule has 0 fully saturated rings. The molecule has 1 aliphatic carbocycles. The van der Waals surface area contributed by atoms with Gasteiger partial charge < -0.3 is 4.98 Å². The maximum absolute atomic E-state index is 12.3. The van der Waals surface area contributed by atoms with Gasteiger partial charge in [0.2, 0.25) is 0 Å². The van der Waals surface area contributed by atoms with E-state index in [0.29, 0.717) is 16.0 Å². The van der Waals surface area contributed by atoms with Gasteiger partial charge in [0.25, 0.3) is 0 Å². The molecule has 1 N–H and O–H groups in total. The van der Waals surface area contributed by atoms with Crippen molar-refractivity contribution in [3.63, 3.8) is 0 Å². The highest BCUT2D eigenvalue weighted by atomic mass is 35.5. The van der Waals surface area contributed by atoms with Gasteiger partial charge in [0.15, 0.2) is 9.84 Å². The number of nitrogens with zero attached hydrogens (tertiary/aromatic N) is 2. The Morgan fingerprint density at radius 3 is 2.77 bits per heavy atom. The molecule has 0 spiro atoms. The Morgan fingerprint density at radius 2 is 1.97 bits per heavy atom. The van der Waals surface area contributed by atoms with Crippen LogP contribution in [-0.4, -0.2) is 42.1 Å². The number of H-pyrrole nitrogens is 1. The van der Waals surface area contributed by atoms with Crippen molar-refractivity contribution < 1.29 is 8.42 Å². The largest absolute Gasteiger partial charge is 0.340 e. The molecule has 2 aromatic carbocycles. The second-order valence-corrected chi connectivity index (χ2v) is 10.7. The van der Waals surface area contributed by atoms with E-state index < -0.39 is 9.84 Å². The molecule has 7 heteroatoms. The minimum atomic E-state index is -3.23. The summed E-state index contributed by atoms with van der Waals surface area (Å²) in [6.45, 7) is 1.73. The summed E-state index contributed by atoms with van der Waals surface area (Å²) < 4.78 is 24.6. The van der Waals surface area contributed by atoms with Gasteiger partial charge in [0.1, 0.15) is 5.82 Å². The van der Waals surface area contributed by atoms with Gasteiger partial charge in [-0.05, 0) is 48.6 Å². The minimum absolute atomic E-state index is 0.334. The predicted molar refractivity (Wildman–Crippen MR) is 119 cm³/mol. The molecule has 156 valence electrons. The molecule has 0 saturated carbocycles. The average Bonchev–Trinajstić information content (AvgIpc) is 3.15. The fourth-order valence-corrected chi connectivity index (χ4v) is 6.02. The molecular weight excluding hydrogens is 418 g/mol. The molecule has 0 amide bonds. The van der Waals surface area contributed by atoms with E-state index in [1.54, 1.807) is 6.07 Å². The zero-order chi connectivity index (χ0) is 20.9. The number of rotatable bonds is 3. The van der Waals surface area contributed by atoms with E-state index in [4.69, 9.17) is 16.6 Å². The number of aryl methyl sites for hydroxylation is 1. The van der Waals surface area contributed by atoms with Crippen LogP contribution in [-0.2, 0) is 35.6 Å². The van der Waals surface area contributed by atoms with Gasteiger partial charge in [-0.3, -0.25) is 4.90 Å². The number of fused-ring (bicyclic) bond motifs is 2. The van der Waals surface area contributed by atoms with Crippen molar-refractivity contribution >= 4 is 21.4 Å². The van der Waals surface area contributed by atoms with Crippen LogP contribution in [0.5, 0.6) is 0 Å². The highest BCUT2D eigenvalue weighted by molar-refractivity contribution is 7.90. The highest BCUT2D eigenvalue weighted by Gasteiger charge is 2.31. The lowest BCUT2D eigenvalue weighted by Gasteiger charge is -2.37. The summed E-state index contributed by atoms with van der Waals surface area (Å²) in [5.41, 5.74) is 5.34. The van der Waals surface area contributed by atoms with Crippen LogP contribution in [0.4, 0.5) is 0 Å². The average molecular weight is 442 g/mol. The molecule has 3 aromatic rings. The van der Waals surface area contributed by atoms with Gasteiger partial charge in [-0.15, -0.1) is 0 Å². The van der Waals surface area contributed by atoms with Gasteiger partial charge in [-0.25, -0.2) is 13.4 Å². The summed E-state index contributed by atoms with van der Waals surface area (Å²) in [6, 6.07) is 13.8. The van der Waals surface area contributed by atoms with Gasteiger partial charge >= 0.3 is 0 Å². The monoisotopic (exact) mass is 441 g/mol. The molecule has 1 atom stereocenters. The van der Waals surface area contributed by atoms with Crippen LogP contribution < -0.4 is 0 Å². The number of hydrogen-bond acceptors (Lipinski definition) is 4. The maximum Gasteiger partial charge on any atom is 0.175 e. The van der Waals surface area contributed by atoms with E-state index in [0.717, 1.165) is 67.1 Å². The number of benzene rings is 2. The number of aromatic amines is 1. The first kappa shape index (κ1) is 19.8. The molecule has 1 aromatic heterocycles. The van der Waals surface area contributed by atoms with E-state index in [9.17, 15) is 8.42 Å². The number of aromatic nitrogens is 2. The Hall–Kier alpha value is -2.15. The molecule has 5 rings (SSSR count). The Balaban J connectivity index is 1.40. The van der Waals surface area contributed by atoms with E-state index in [2.05, 4.69) is 16.0 Å². The van der Waals surface area contributed by atoms with Crippen LogP contribution >= 0.6 is 11.6 Å². The van der Waals surface area contributed by atoms with Crippen molar-refractivity contribution in [2.45, 2.75) is 43.2 Å². The summed E-state index contributed by atoms with van der Waals surface area (Å²) in [5.74, 6) is 0.820.